The zero-order valence-electron chi connectivity index (χ0n) is 11.5. The van der Waals surface area contributed by atoms with Gasteiger partial charge in [-0.2, -0.15) is 0 Å². The largest absolute Gasteiger partial charge is 0.396 e. The van der Waals surface area contributed by atoms with Crippen LogP contribution in [0.5, 0.6) is 0 Å². The van der Waals surface area contributed by atoms with Crippen LogP contribution in [0.2, 0.25) is 0 Å². The van der Waals surface area contributed by atoms with Crippen molar-refractivity contribution in [3.8, 4) is 0 Å². The van der Waals surface area contributed by atoms with Gasteiger partial charge in [-0.1, -0.05) is 26.7 Å². The number of unbranched alkanes of at least 4 members (excludes halogenated alkanes) is 1. The van der Waals surface area contributed by atoms with Crippen molar-refractivity contribution in [3.05, 3.63) is 0 Å². The lowest BCUT2D eigenvalue weighted by atomic mass is 9.71. The third-order valence-electron chi connectivity index (χ3n) is 4.30. The lowest BCUT2D eigenvalue weighted by Gasteiger charge is -2.42. The first-order chi connectivity index (χ1) is 8.13. The SMILES string of the molecule is CC(C)C1CCCC(CN)(NCCCCO)C1. The third kappa shape index (κ3) is 4.57. The topological polar surface area (TPSA) is 58.3 Å². The Morgan fingerprint density at radius 3 is 2.76 bits per heavy atom. The van der Waals surface area contributed by atoms with Gasteiger partial charge in [-0.15, -0.1) is 0 Å². The van der Waals surface area contributed by atoms with Gasteiger partial charge in [0, 0.05) is 18.7 Å². The summed E-state index contributed by atoms with van der Waals surface area (Å²) in [7, 11) is 0. The summed E-state index contributed by atoms with van der Waals surface area (Å²) in [6, 6.07) is 0. The Kier molecular flexibility index (Phi) is 6.45. The summed E-state index contributed by atoms with van der Waals surface area (Å²) >= 11 is 0. The fourth-order valence-corrected chi connectivity index (χ4v) is 2.99. The zero-order chi connectivity index (χ0) is 12.7. The second kappa shape index (κ2) is 7.34. The average molecular weight is 242 g/mol. The summed E-state index contributed by atoms with van der Waals surface area (Å²) in [4.78, 5) is 0. The lowest BCUT2D eigenvalue weighted by molar-refractivity contribution is 0.152. The van der Waals surface area contributed by atoms with Crippen molar-refractivity contribution >= 4 is 0 Å². The van der Waals surface area contributed by atoms with Crippen LogP contribution in [0.3, 0.4) is 0 Å². The van der Waals surface area contributed by atoms with Gasteiger partial charge in [0.2, 0.25) is 0 Å². The molecule has 0 aliphatic heterocycles. The van der Waals surface area contributed by atoms with E-state index in [0.717, 1.165) is 37.8 Å². The van der Waals surface area contributed by atoms with Crippen molar-refractivity contribution in [2.75, 3.05) is 19.7 Å². The summed E-state index contributed by atoms with van der Waals surface area (Å²) in [6.45, 7) is 6.68. The molecular formula is C14H30N2O. The molecule has 102 valence electrons. The van der Waals surface area contributed by atoms with Gasteiger partial charge in [0.25, 0.3) is 0 Å². The maximum Gasteiger partial charge on any atom is 0.0431 e. The van der Waals surface area contributed by atoms with Crippen LogP contribution in [0.1, 0.15) is 52.4 Å². The van der Waals surface area contributed by atoms with E-state index >= 15 is 0 Å². The van der Waals surface area contributed by atoms with Crippen LogP contribution in [0, 0.1) is 11.8 Å². The molecule has 0 aromatic carbocycles. The molecule has 0 amide bonds. The van der Waals surface area contributed by atoms with Gasteiger partial charge in [-0.3, -0.25) is 0 Å². The highest BCUT2D eigenvalue weighted by molar-refractivity contribution is 4.95. The van der Waals surface area contributed by atoms with E-state index in [9.17, 15) is 0 Å². The van der Waals surface area contributed by atoms with E-state index < -0.39 is 0 Å². The maximum absolute atomic E-state index is 8.79. The van der Waals surface area contributed by atoms with Gasteiger partial charge in [-0.25, -0.2) is 0 Å². The van der Waals surface area contributed by atoms with Crippen LogP contribution in [-0.4, -0.2) is 30.3 Å². The van der Waals surface area contributed by atoms with E-state index in [1.807, 2.05) is 0 Å². The first-order valence-corrected chi connectivity index (χ1v) is 7.19. The zero-order valence-corrected chi connectivity index (χ0v) is 11.5. The molecule has 1 saturated carbocycles. The molecular weight excluding hydrogens is 212 g/mol. The van der Waals surface area contributed by atoms with Crippen LogP contribution in [0.15, 0.2) is 0 Å². The number of hydrogen-bond acceptors (Lipinski definition) is 3. The molecule has 2 unspecified atom stereocenters. The normalized spacial score (nSPS) is 29.8. The van der Waals surface area contributed by atoms with Crippen molar-refractivity contribution in [2.24, 2.45) is 17.6 Å². The molecule has 3 heteroatoms. The molecule has 1 fully saturated rings. The Bertz CT molecular complexity index is 208. The third-order valence-corrected chi connectivity index (χ3v) is 4.30. The Balaban J connectivity index is 2.43. The molecule has 0 saturated heterocycles. The van der Waals surface area contributed by atoms with E-state index in [0.29, 0.717) is 6.61 Å². The molecule has 0 heterocycles. The second-order valence-corrected chi connectivity index (χ2v) is 5.94. The molecule has 0 radical (unpaired) electrons. The first-order valence-electron chi connectivity index (χ1n) is 7.19. The number of nitrogens with two attached hydrogens (primary N) is 1. The molecule has 0 spiro atoms. The maximum atomic E-state index is 8.79. The van der Waals surface area contributed by atoms with Gasteiger partial charge in [0.05, 0.1) is 0 Å². The van der Waals surface area contributed by atoms with Gasteiger partial charge in [0.15, 0.2) is 0 Å². The van der Waals surface area contributed by atoms with Crippen molar-refractivity contribution in [3.63, 3.8) is 0 Å². The van der Waals surface area contributed by atoms with Crippen molar-refractivity contribution in [1.82, 2.24) is 5.32 Å². The standard InChI is InChI=1S/C14H30N2O/c1-12(2)13-6-5-7-14(10-13,11-15)16-8-3-4-9-17/h12-13,16-17H,3-11,15H2,1-2H3. The minimum absolute atomic E-state index is 0.169. The van der Waals surface area contributed by atoms with Crippen LogP contribution in [-0.2, 0) is 0 Å². The number of aliphatic hydroxyl groups is 1. The summed E-state index contributed by atoms with van der Waals surface area (Å²) in [5.74, 6) is 1.58. The second-order valence-electron chi connectivity index (χ2n) is 5.94. The molecule has 0 aromatic rings. The minimum Gasteiger partial charge on any atom is -0.396 e. The quantitative estimate of drug-likeness (QED) is 0.598. The molecule has 0 bridgehead atoms. The number of hydrogen-bond donors (Lipinski definition) is 3. The highest BCUT2D eigenvalue weighted by atomic mass is 16.2. The fourth-order valence-electron chi connectivity index (χ4n) is 2.99. The van der Waals surface area contributed by atoms with E-state index in [1.54, 1.807) is 0 Å². The monoisotopic (exact) mass is 242 g/mol. The Morgan fingerprint density at radius 1 is 1.41 bits per heavy atom. The van der Waals surface area contributed by atoms with Crippen LogP contribution in [0.25, 0.3) is 0 Å². The van der Waals surface area contributed by atoms with Crippen molar-refractivity contribution < 1.29 is 5.11 Å². The lowest BCUT2D eigenvalue weighted by Crippen LogP contribution is -2.54. The van der Waals surface area contributed by atoms with E-state index in [1.165, 1.54) is 25.7 Å². The van der Waals surface area contributed by atoms with Crippen molar-refractivity contribution in [2.45, 2.75) is 57.9 Å². The predicted molar refractivity (Wildman–Crippen MR) is 72.9 cm³/mol. The number of aliphatic hydroxyl groups excluding tert-OH is 1. The minimum atomic E-state index is 0.169. The molecule has 1 rings (SSSR count). The summed E-state index contributed by atoms with van der Waals surface area (Å²) in [5, 5.41) is 12.5. The number of rotatable bonds is 7. The van der Waals surface area contributed by atoms with Crippen LogP contribution < -0.4 is 11.1 Å². The molecule has 1 aliphatic rings. The highest BCUT2D eigenvalue weighted by Crippen LogP contribution is 2.35. The molecule has 0 aromatic heterocycles. The summed E-state index contributed by atoms with van der Waals surface area (Å²) in [5.41, 5.74) is 6.17. The van der Waals surface area contributed by atoms with Gasteiger partial charge >= 0.3 is 0 Å². The van der Waals surface area contributed by atoms with Crippen LogP contribution >= 0.6 is 0 Å². The van der Waals surface area contributed by atoms with Gasteiger partial charge in [-0.05, 0) is 44.1 Å². The molecule has 2 atom stereocenters. The Labute approximate surface area is 106 Å². The van der Waals surface area contributed by atoms with E-state index in [4.69, 9.17) is 10.8 Å². The summed E-state index contributed by atoms with van der Waals surface area (Å²) < 4.78 is 0. The predicted octanol–water partition coefficient (Wildman–Crippen LogP) is 1.89. The van der Waals surface area contributed by atoms with E-state index in [2.05, 4.69) is 19.2 Å². The van der Waals surface area contributed by atoms with Gasteiger partial charge in [0.1, 0.15) is 0 Å². The molecule has 1 aliphatic carbocycles. The smallest absolute Gasteiger partial charge is 0.0431 e. The molecule has 3 nitrogen and oxygen atoms in total. The Morgan fingerprint density at radius 2 is 2.18 bits per heavy atom. The highest BCUT2D eigenvalue weighted by Gasteiger charge is 2.35. The van der Waals surface area contributed by atoms with E-state index in [-0.39, 0.29) is 5.54 Å². The fraction of sp³-hybridized carbons (Fsp3) is 1.00. The summed E-state index contributed by atoms with van der Waals surface area (Å²) in [6.07, 6.45) is 7.03. The Hall–Kier alpha value is -0.120. The first kappa shape index (κ1) is 14.9. The number of nitrogens with one attached hydrogen (secondary N) is 1. The van der Waals surface area contributed by atoms with Crippen LogP contribution in [0.4, 0.5) is 0 Å². The average Bonchev–Trinajstić information content (AvgIpc) is 2.35. The van der Waals surface area contributed by atoms with Crippen molar-refractivity contribution in [1.29, 1.82) is 0 Å². The molecule has 4 N–H and O–H groups in total. The molecule has 17 heavy (non-hydrogen) atoms. The van der Waals surface area contributed by atoms with Gasteiger partial charge < -0.3 is 16.2 Å².